The van der Waals surface area contributed by atoms with Crippen LogP contribution < -0.4 is 10.2 Å². The van der Waals surface area contributed by atoms with E-state index in [9.17, 15) is 14.4 Å². The van der Waals surface area contributed by atoms with Crippen molar-refractivity contribution in [3.8, 4) is 0 Å². The predicted molar refractivity (Wildman–Crippen MR) is 89.9 cm³/mol. The Bertz CT molecular complexity index is 703. The van der Waals surface area contributed by atoms with Gasteiger partial charge in [0.25, 0.3) is 0 Å². The first-order chi connectivity index (χ1) is 11.6. The summed E-state index contributed by atoms with van der Waals surface area (Å²) < 4.78 is 0. The molecule has 126 valence electrons. The predicted octanol–water partition coefficient (Wildman–Crippen LogP) is 2.08. The summed E-state index contributed by atoms with van der Waals surface area (Å²) in [4.78, 5) is 37.3. The van der Waals surface area contributed by atoms with Gasteiger partial charge in [-0.1, -0.05) is 12.1 Å². The third-order valence-electron chi connectivity index (χ3n) is 5.67. The molecule has 0 radical (unpaired) electrons. The van der Waals surface area contributed by atoms with Crippen molar-refractivity contribution in [2.75, 3.05) is 11.4 Å². The van der Waals surface area contributed by atoms with E-state index in [2.05, 4.69) is 28.4 Å². The molecule has 1 atom stereocenters. The molecule has 1 saturated carbocycles. The molecule has 2 aliphatic heterocycles. The average Bonchev–Trinajstić information content (AvgIpc) is 3.00. The number of amides is 2. The molecule has 1 aromatic carbocycles. The minimum Gasteiger partial charge on any atom is -0.359 e. The molecule has 0 aromatic heterocycles. The zero-order valence-electron chi connectivity index (χ0n) is 13.7. The van der Waals surface area contributed by atoms with Gasteiger partial charge < -0.3 is 4.90 Å². The first kappa shape index (κ1) is 15.4. The van der Waals surface area contributed by atoms with E-state index in [1.54, 1.807) is 0 Å². The maximum absolute atomic E-state index is 12.2. The summed E-state index contributed by atoms with van der Waals surface area (Å²) in [6.07, 6.45) is 5.18. The van der Waals surface area contributed by atoms with E-state index in [4.69, 9.17) is 0 Å². The Labute approximate surface area is 141 Å². The number of Topliss-reactive ketones (excluding diaryl/α,β-unsaturated/α-hetero) is 1. The normalized spacial score (nSPS) is 24.9. The van der Waals surface area contributed by atoms with E-state index in [-0.39, 0.29) is 17.9 Å². The zero-order valence-corrected chi connectivity index (χ0v) is 13.7. The van der Waals surface area contributed by atoms with Crippen LogP contribution in [0.5, 0.6) is 0 Å². The lowest BCUT2D eigenvalue weighted by Crippen LogP contribution is -2.52. The second-order valence-electron chi connectivity index (χ2n) is 7.07. The number of imide groups is 1. The number of hydrogen-bond donors (Lipinski definition) is 1. The lowest BCUT2D eigenvalue weighted by atomic mass is 9.81. The summed E-state index contributed by atoms with van der Waals surface area (Å²) in [5.74, 6) is 0.493. The van der Waals surface area contributed by atoms with Crippen molar-refractivity contribution in [2.24, 2.45) is 0 Å². The monoisotopic (exact) mass is 326 g/mol. The highest BCUT2D eigenvalue weighted by atomic mass is 16.2. The average molecular weight is 326 g/mol. The van der Waals surface area contributed by atoms with Crippen molar-refractivity contribution >= 4 is 23.3 Å². The third kappa shape index (κ3) is 2.62. The lowest BCUT2D eigenvalue weighted by Gasteiger charge is -2.32. The highest BCUT2D eigenvalue weighted by molar-refractivity contribution is 6.02. The number of nitrogens with one attached hydrogen (secondary N) is 1. The molecular formula is C19H22N2O3. The van der Waals surface area contributed by atoms with Crippen molar-refractivity contribution in [3.63, 3.8) is 0 Å². The fourth-order valence-corrected chi connectivity index (χ4v) is 4.42. The molecule has 0 unspecified atom stereocenters. The molecule has 0 bridgehead atoms. The molecular weight excluding hydrogens is 304 g/mol. The Balaban J connectivity index is 1.60. The number of piperidine rings is 1. The minimum absolute atomic E-state index is 0.170. The van der Waals surface area contributed by atoms with Crippen LogP contribution in [0.15, 0.2) is 18.2 Å². The summed E-state index contributed by atoms with van der Waals surface area (Å²) in [7, 11) is 0. The first-order valence-electron chi connectivity index (χ1n) is 8.87. The number of fused-ring (bicyclic) bond motifs is 1. The van der Waals surface area contributed by atoms with Gasteiger partial charge in [-0.2, -0.15) is 0 Å². The fourth-order valence-electron chi connectivity index (χ4n) is 4.42. The highest BCUT2D eigenvalue weighted by Crippen LogP contribution is 2.40. The maximum Gasteiger partial charge on any atom is 0.249 e. The summed E-state index contributed by atoms with van der Waals surface area (Å²) in [5, 5.41) is 2.46. The van der Waals surface area contributed by atoms with E-state index in [1.807, 2.05) is 0 Å². The molecule has 1 N–H and O–H groups in total. The lowest BCUT2D eigenvalue weighted by molar-refractivity contribution is -0.134. The van der Waals surface area contributed by atoms with E-state index in [0.717, 1.165) is 31.5 Å². The van der Waals surface area contributed by atoms with Crippen molar-refractivity contribution in [2.45, 2.75) is 56.9 Å². The van der Waals surface area contributed by atoms with Crippen LogP contribution in [0.25, 0.3) is 0 Å². The van der Waals surface area contributed by atoms with Crippen LogP contribution in [0.1, 0.15) is 55.6 Å². The second-order valence-corrected chi connectivity index (χ2v) is 7.07. The molecule has 4 rings (SSSR count). The van der Waals surface area contributed by atoms with E-state index in [1.165, 1.54) is 11.1 Å². The second kappa shape index (κ2) is 6.04. The summed E-state index contributed by atoms with van der Waals surface area (Å²) in [5.41, 5.74) is 3.83. The van der Waals surface area contributed by atoms with Gasteiger partial charge in [0.15, 0.2) is 0 Å². The Kier molecular flexibility index (Phi) is 3.87. The zero-order chi connectivity index (χ0) is 16.7. The van der Waals surface area contributed by atoms with Crippen LogP contribution in [-0.2, 0) is 20.8 Å². The molecule has 5 nitrogen and oxygen atoms in total. The molecule has 2 heterocycles. The van der Waals surface area contributed by atoms with Crippen LogP contribution in [0.3, 0.4) is 0 Å². The Morgan fingerprint density at radius 3 is 2.50 bits per heavy atom. The number of hydrogen-bond acceptors (Lipinski definition) is 4. The number of rotatable bonds is 2. The van der Waals surface area contributed by atoms with E-state index in [0.29, 0.717) is 37.4 Å². The molecule has 1 saturated heterocycles. The molecule has 5 heteroatoms. The van der Waals surface area contributed by atoms with Gasteiger partial charge in [-0.25, -0.2) is 0 Å². The van der Waals surface area contributed by atoms with Crippen molar-refractivity contribution in [3.05, 3.63) is 29.3 Å². The third-order valence-corrected chi connectivity index (χ3v) is 5.67. The van der Waals surface area contributed by atoms with Crippen molar-refractivity contribution < 1.29 is 14.4 Å². The van der Waals surface area contributed by atoms with E-state index >= 15 is 0 Å². The van der Waals surface area contributed by atoms with Gasteiger partial charge in [0.1, 0.15) is 11.8 Å². The van der Waals surface area contributed by atoms with Gasteiger partial charge in [-0.15, -0.1) is 0 Å². The molecule has 1 aliphatic carbocycles. The number of carbonyl (C=O) groups is 3. The summed E-state index contributed by atoms with van der Waals surface area (Å²) in [6.45, 7) is 0.824. The van der Waals surface area contributed by atoms with Gasteiger partial charge in [-0.3, -0.25) is 19.7 Å². The van der Waals surface area contributed by atoms with Crippen LogP contribution >= 0.6 is 0 Å². The van der Waals surface area contributed by atoms with Crippen LogP contribution in [0.4, 0.5) is 5.69 Å². The maximum atomic E-state index is 12.2. The largest absolute Gasteiger partial charge is 0.359 e. The van der Waals surface area contributed by atoms with Gasteiger partial charge in [0, 0.05) is 31.5 Å². The molecule has 0 spiro atoms. The van der Waals surface area contributed by atoms with Crippen molar-refractivity contribution in [1.82, 2.24) is 5.32 Å². The van der Waals surface area contributed by atoms with Gasteiger partial charge in [0.05, 0.1) is 0 Å². The standard InChI is InChI=1S/C19H22N2O3/c22-13-6-4-12(5-7-13)14-2-1-3-16-15(14)10-11-21(16)17-8-9-18(23)20-19(17)24/h1-3,12,17H,4-11H2,(H,20,23,24)/t17-/m1/s1. The molecule has 24 heavy (non-hydrogen) atoms. The number of carbonyl (C=O) groups excluding carboxylic acids is 3. The highest BCUT2D eigenvalue weighted by Gasteiger charge is 2.36. The van der Waals surface area contributed by atoms with Crippen molar-refractivity contribution in [1.29, 1.82) is 0 Å². The van der Waals surface area contributed by atoms with E-state index < -0.39 is 0 Å². The first-order valence-corrected chi connectivity index (χ1v) is 8.87. The number of ketones is 1. The minimum atomic E-state index is -0.243. The molecule has 3 aliphatic rings. The number of anilines is 1. The SMILES string of the molecule is O=C1CCC(c2cccc3c2CCN3[C@@H]2CCC(=O)NC2=O)CC1. The molecule has 2 amide bonds. The smallest absolute Gasteiger partial charge is 0.249 e. The number of benzene rings is 1. The van der Waals surface area contributed by atoms with Crippen LogP contribution in [0.2, 0.25) is 0 Å². The quantitative estimate of drug-likeness (QED) is 0.845. The van der Waals surface area contributed by atoms with Gasteiger partial charge in [-0.05, 0) is 48.8 Å². The van der Waals surface area contributed by atoms with Crippen LogP contribution in [-0.4, -0.2) is 30.2 Å². The topological polar surface area (TPSA) is 66.5 Å². The fraction of sp³-hybridized carbons (Fsp3) is 0.526. The van der Waals surface area contributed by atoms with Gasteiger partial charge in [0.2, 0.25) is 11.8 Å². The Hall–Kier alpha value is -2.17. The van der Waals surface area contributed by atoms with Gasteiger partial charge >= 0.3 is 0 Å². The summed E-state index contributed by atoms with van der Waals surface area (Å²) >= 11 is 0. The van der Waals surface area contributed by atoms with Crippen LogP contribution in [0, 0.1) is 0 Å². The Morgan fingerprint density at radius 2 is 1.75 bits per heavy atom. The number of nitrogens with zero attached hydrogens (tertiary/aromatic N) is 1. The molecule has 1 aromatic rings. The molecule has 2 fully saturated rings. The Morgan fingerprint density at radius 1 is 0.958 bits per heavy atom. The summed E-state index contributed by atoms with van der Waals surface area (Å²) in [6, 6.07) is 6.10.